The number of ether oxygens (including phenoxy) is 2. The summed E-state index contributed by atoms with van der Waals surface area (Å²) in [7, 11) is 3.30. The summed E-state index contributed by atoms with van der Waals surface area (Å²) < 4.78 is 12.3. The van der Waals surface area contributed by atoms with Crippen LogP contribution in [0.25, 0.3) is 0 Å². The predicted molar refractivity (Wildman–Crippen MR) is 134 cm³/mol. The van der Waals surface area contributed by atoms with Crippen LogP contribution in [-0.4, -0.2) is 42.5 Å². The summed E-state index contributed by atoms with van der Waals surface area (Å²) in [6.45, 7) is 0.673. The zero-order valence-electron chi connectivity index (χ0n) is 19.2. The minimum absolute atomic E-state index is 0.323. The highest BCUT2D eigenvalue weighted by molar-refractivity contribution is 9.10. The summed E-state index contributed by atoms with van der Waals surface area (Å²) in [6.07, 6.45) is 0. The van der Waals surface area contributed by atoms with Crippen LogP contribution in [0.3, 0.4) is 0 Å². The van der Waals surface area contributed by atoms with Gasteiger partial charge in [-0.1, -0.05) is 48.5 Å². The number of hydrogen-bond acceptors (Lipinski definition) is 6. The van der Waals surface area contributed by atoms with Gasteiger partial charge in [-0.05, 0) is 52.3 Å². The standard InChI is InChI=1S/C26H24BrN3O5/c1-29-14-18(24(30(32)33)26(29)19-10-6-7-11-21(19)28-25(26)31)17-12-20(27)23(22(13-17)34-2)35-15-16-8-4-3-5-9-16/h3-13,18,24H,14-15H2,1-2H3,(H,28,31)/t18-,24+,26-/m0/s1. The number of carbonyl (C=O) groups excluding carboxylic acids is 1. The average molecular weight is 538 g/mol. The number of amides is 1. The lowest BCUT2D eigenvalue weighted by atomic mass is 9.79. The number of anilines is 1. The van der Waals surface area contributed by atoms with Gasteiger partial charge >= 0.3 is 0 Å². The number of nitrogens with one attached hydrogen (secondary N) is 1. The Balaban J connectivity index is 1.54. The fourth-order valence-electron chi connectivity index (χ4n) is 5.40. The number of rotatable bonds is 6. The minimum Gasteiger partial charge on any atom is -0.493 e. The molecule has 2 aliphatic heterocycles. The van der Waals surface area contributed by atoms with E-state index < -0.39 is 17.5 Å². The van der Waals surface area contributed by atoms with E-state index in [2.05, 4.69) is 21.2 Å². The molecule has 3 atom stereocenters. The first-order chi connectivity index (χ1) is 16.9. The number of benzene rings is 3. The lowest BCUT2D eigenvalue weighted by Crippen LogP contribution is -2.54. The van der Waals surface area contributed by atoms with Crippen LogP contribution in [0.15, 0.2) is 71.2 Å². The first kappa shape index (κ1) is 23.3. The molecule has 3 aromatic carbocycles. The smallest absolute Gasteiger partial charge is 0.256 e. The monoisotopic (exact) mass is 537 g/mol. The maximum Gasteiger partial charge on any atom is 0.256 e. The second-order valence-electron chi connectivity index (χ2n) is 8.79. The second-order valence-corrected chi connectivity index (χ2v) is 9.65. The molecule has 35 heavy (non-hydrogen) atoms. The van der Waals surface area contributed by atoms with Crippen molar-refractivity contribution >= 4 is 27.5 Å². The fourth-order valence-corrected chi connectivity index (χ4v) is 5.98. The van der Waals surface area contributed by atoms with Gasteiger partial charge < -0.3 is 14.8 Å². The lowest BCUT2D eigenvalue weighted by molar-refractivity contribution is -0.534. The number of halogens is 1. The normalized spacial score (nSPS) is 23.2. The zero-order chi connectivity index (χ0) is 24.7. The van der Waals surface area contributed by atoms with Crippen LogP contribution in [0.5, 0.6) is 11.5 Å². The Bertz CT molecular complexity index is 1300. The molecule has 0 aromatic heterocycles. The molecule has 1 amide bonds. The predicted octanol–water partition coefficient (Wildman–Crippen LogP) is 4.56. The van der Waals surface area contributed by atoms with E-state index in [4.69, 9.17) is 9.47 Å². The maximum absolute atomic E-state index is 13.3. The van der Waals surface area contributed by atoms with E-state index in [1.54, 1.807) is 36.2 Å². The molecule has 3 aromatic rings. The van der Waals surface area contributed by atoms with Crippen LogP contribution in [0, 0.1) is 10.1 Å². The highest BCUT2D eigenvalue weighted by atomic mass is 79.9. The van der Waals surface area contributed by atoms with E-state index in [0.717, 1.165) is 5.56 Å². The van der Waals surface area contributed by atoms with Gasteiger partial charge in [-0.25, -0.2) is 0 Å². The second kappa shape index (κ2) is 8.98. The molecule has 5 rings (SSSR count). The maximum atomic E-state index is 13.3. The largest absolute Gasteiger partial charge is 0.493 e. The summed E-state index contributed by atoms with van der Waals surface area (Å²) in [5.74, 6) is 0.0505. The van der Waals surface area contributed by atoms with Crippen molar-refractivity contribution < 1.29 is 19.2 Å². The number of carbonyl (C=O) groups is 1. The summed E-state index contributed by atoms with van der Waals surface area (Å²) >= 11 is 3.58. The molecule has 2 aliphatic rings. The number of methoxy groups -OCH3 is 1. The molecular formula is C26H24BrN3O5. The van der Waals surface area contributed by atoms with Crippen LogP contribution in [0.2, 0.25) is 0 Å². The Morgan fingerprint density at radius 2 is 1.89 bits per heavy atom. The van der Waals surface area contributed by atoms with Crippen LogP contribution < -0.4 is 14.8 Å². The third-order valence-electron chi connectivity index (χ3n) is 6.95. The van der Waals surface area contributed by atoms with Crippen molar-refractivity contribution in [1.82, 2.24) is 4.90 Å². The quantitative estimate of drug-likeness (QED) is 0.366. The number of fused-ring (bicyclic) bond motifs is 2. The highest BCUT2D eigenvalue weighted by Gasteiger charge is 2.68. The van der Waals surface area contributed by atoms with Crippen LogP contribution >= 0.6 is 15.9 Å². The Labute approximate surface area is 211 Å². The lowest BCUT2D eigenvalue weighted by Gasteiger charge is -2.30. The van der Waals surface area contributed by atoms with Crippen molar-refractivity contribution in [3.63, 3.8) is 0 Å². The number of para-hydroxylation sites is 1. The van der Waals surface area contributed by atoms with Crippen molar-refractivity contribution in [3.05, 3.63) is 98.0 Å². The van der Waals surface area contributed by atoms with Crippen molar-refractivity contribution in [1.29, 1.82) is 0 Å². The van der Waals surface area contributed by atoms with Gasteiger partial charge in [0, 0.05) is 22.7 Å². The third kappa shape index (κ3) is 3.66. The van der Waals surface area contributed by atoms with E-state index >= 15 is 0 Å². The third-order valence-corrected chi connectivity index (χ3v) is 7.54. The molecule has 1 saturated heterocycles. The van der Waals surface area contributed by atoms with Gasteiger partial charge in [0.2, 0.25) is 0 Å². The van der Waals surface area contributed by atoms with Crippen LogP contribution in [0.1, 0.15) is 22.6 Å². The van der Waals surface area contributed by atoms with E-state index in [9.17, 15) is 14.9 Å². The van der Waals surface area contributed by atoms with Crippen molar-refractivity contribution in [2.24, 2.45) is 0 Å². The number of likely N-dealkylation sites (tertiary alicyclic amines) is 1. The van der Waals surface area contributed by atoms with Gasteiger partial charge in [0.1, 0.15) is 6.61 Å². The summed E-state index contributed by atoms with van der Waals surface area (Å²) in [4.78, 5) is 27.3. The molecule has 2 heterocycles. The summed E-state index contributed by atoms with van der Waals surface area (Å²) in [6, 6.07) is 19.3. The Kier molecular flexibility index (Phi) is 5.98. The van der Waals surface area contributed by atoms with E-state index in [0.29, 0.717) is 45.9 Å². The molecule has 180 valence electrons. The highest BCUT2D eigenvalue weighted by Crippen LogP contribution is 2.53. The number of nitro groups is 1. The molecule has 0 aliphatic carbocycles. The van der Waals surface area contributed by atoms with Crippen LogP contribution in [-0.2, 0) is 16.9 Å². The molecule has 9 heteroatoms. The van der Waals surface area contributed by atoms with Gasteiger partial charge in [-0.3, -0.25) is 19.8 Å². The Hall–Kier alpha value is -3.43. The molecule has 1 N–H and O–H groups in total. The van der Waals surface area contributed by atoms with Crippen molar-refractivity contribution in [2.75, 3.05) is 26.0 Å². The topological polar surface area (TPSA) is 93.9 Å². The van der Waals surface area contributed by atoms with Crippen molar-refractivity contribution in [2.45, 2.75) is 24.1 Å². The van der Waals surface area contributed by atoms with Gasteiger partial charge in [0.05, 0.1) is 17.5 Å². The van der Waals surface area contributed by atoms with Crippen molar-refractivity contribution in [3.8, 4) is 11.5 Å². The number of likely N-dealkylation sites (N-methyl/N-ethyl adjacent to an activating group) is 1. The molecule has 1 spiro atoms. The van der Waals surface area contributed by atoms with Gasteiger partial charge in [0.15, 0.2) is 17.0 Å². The molecule has 0 bridgehead atoms. The van der Waals surface area contributed by atoms with Crippen LogP contribution in [0.4, 0.5) is 5.69 Å². The molecule has 0 radical (unpaired) electrons. The molecule has 0 saturated carbocycles. The minimum atomic E-state index is -1.40. The van der Waals surface area contributed by atoms with Gasteiger partial charge in [-0.2, -0.15) is 0 Å². The van der Waals surface area contributed by atoms with Gasteiger partial charge in [0.25, 0.3) is 11.9 Å². The SMILES string of the molecule is COc1cc([C@@H]2CN(C)[C@]3(C(=O)Nc4ccccc43)[C@@H]2[N+](=O)[O-])cc(Br)c1OCc1ccccc1. The number of hydrogen-bond donors (Lipinski definition) is 1. The molecule has 0 unspecified atom stereocenters. The summed E-state index contributed by atoms with van der Waals surface area (Å²) in [5, 5.41) is 15.4. The van der Waals surface area contributed by atoms with E-state index in [-0.39, 0.29) is 10.8 Å². The molecule has 1 fully saturated rings. The Morgan fingerprint density at radius 1 is 1.17 bits per heavy atom. The van der Waals surface area contributed by atoms with Gasteiger partial charge in [-0.15, -0.1) is 0 Å². The van der Waals surface area contributed by atoms with E-state index in [1.165, 1.54) is 7.11 Å². The fraction of sp³-hybridized carbons (Fsp3) is 0.269. The molecule has 8 nitrogen and oxygen atoms in total. The molecular weight excluding hydrogens is 514 g/mol. The average Bonchev–Trinajstić information content (AvgIpc) is 3.33. The first-order valence-corrected chi connectivity index (χ1v) is 12.0. The zero-order valence-corrected chi connectivity index (χ0v) is 20.8. The Morgan fingerprint density at radius 3 is 2.60 bits per heavy atom. The first-order valence-electron chi connectivity index (χ1n) is 11.2. The van der Waals surface area contributed by atoms with E-state index in [1.807, 2.05) is 42.5 Å². The number of nitrogens with zero attached hydrogens (tertiary/aromatic N) is 2. The summed E-state index contributed by atoms with van der Waals surface area (Å²) in [5.41, 5.74) is 1.55.